The van der Waals surface area contributed by atoms with Gasteiger partial charge in [0.15, 0.2) is 5.60 Å². The van der Waals surface area contributed by atoms with E-state index in [2.05, 4.69) is 10.9 Å². The van der Waals surface area contributed by atoms with Gasteiger partial charge in [-0.25, -0.2) is 4.98 Å². The minimum atomic E-state index is -4.61. The van der Waals surface area contributed by atoms with Crippen LogP contribution in [0.15, 0.2) is 90.1 Å². The summed E-state index contributed by atoms with van der Waals surface area (Å²) in [6.07, 6.45) is 8.88. The standard InChI is InChI=1S/C30H26ClN3O6P/c1-4-20-6-5-7-21(14-20)25-16-29(35)34(3)27-13-10-23(15-26(25)27)30(28-17-32-18-33(28)2,39-19-40-41(36,37)38)22-8-11-24(31)12-9-22/h1,5-18,36-38H,19H2,2-3H3/q+1/t30-/m1/s1. The van der Waals surface area contributed by atoms with Gasteiger partial charge in [0.2, 0.25) is 6.79 Å². The molecular formula is C30H26ClN3O6P+. The number of halogens is 1. The maximum atomic E-state index is 13.0. The highest BCUT2D eigenvalue weighted by Crippen LogP contribution is 2.48. The molecule has 2 heterocycles. The summed E-state index contributed by atoms with van der Waals surface area (Å²) in [7, 11) is -1.13. The van der Waals surface area contributed by atoms with Crippen LogP contribution in [0.3, 0.4) is 0 Å². The van der Waals surface area contributed by atoms with Gasteiger partial charge >= 0.3 is 8.17 Å². The first kappa shape index (κ1) is 28.7. The minimum absolute atomic E-state index is 0.194. The Balaban J connectivity index is 1.84. The number of rotatable bonds is 8. The van der Waals surface area contributed by atoms with E-state index in [0.717, 1.165) is 10.9 Å². The van der Waals surface area contributed by atoms with Gasteiger partial charge < -0.3 is 13.9 Å². The van der Waals surface area contributed by atoms with Gasteiger partial charge in [-0.2, -0.15) is 14.7 Å². The predicted molar refractivity (Wildman–Crippen MR) is 158 cm³/mol. The SMILES string of the molecule is C#Cc1cccc(-c2cc(=O)n(C)c3ccc([C@](OCO[P+](O)(O)O)(c4ccc(Cl)cc4)c4cncn4C)cc23)c1. The number of terminal acetylenes is 1. The Bertz CT molecular complexity index is 1840. The van der Waals surface area contributed by atoms with Crippen molar-refractivity contribution in [2.45, 2.75) is 5.60 Å². The Morgan fingerprint density at radius 2 is 1.76 bits per heavy atom. The molecule has 3 N–H and O–H groups in total. The van der Waals surface area contributed by atoms with Gasteiger partial charge in [0.05, 0.1) is 23.7 Å². The summed E-state index contributed by atoms with van der Waals surface area (Å²) in [4.78, 5) is 45.8. The smallest absolute Gasteiger partial charge is 0.335 e. The summed E-state index contributed by atoms with van der Waals surface area (Å²) in [6.45, 7) is -0.687. The first-order chi connectivity index (χ1) is 19.5. The molecule has 208 valence electrons. The highest BCUT2D eigenvalue weighted by atomic mass is 35.5. The summed E-state index contributed by atoms with van der Waals surface area (Å²) < 4.78 is 14.5. The third kappa shape index (κ3) is 5.55. The van der Waals surface area contributed by atoms with Crippen LogP contribution in [0, 0.1) is 12.3 Å². The number of pyridine rings is 1. The summed E-state index contributed by atoms with van der Waals surface area (Å²) >= 11 is 6.23. The van der Waals surface area contributed by atoms with E-state index >= 15 is 0 Å². The van der Waals surface area contributed by atoms with Crippen LogP contribution in [-0.2, 0) is 29.0 Å². The molecule has 2 aromatic heterocycles. The molecule has 0 saturated carbocycles. The van der Waals surface area contributed by atoms with Crippen molar-refractivity contribution in [1.29, 1.82) is 0 Å². The normalized spacial score (nSPS) is 13.2. The zero-order valence-corrected chi connectivity index (χ0v) is 23.8. The van der Waals surface area contributed by atoms with Gasteiger partial charge in [0.1, 0.15) is 0 Å². The fourth-order valence-corrected chi connectivity index (χ4v) is 5.29. The first-order valence-corrected chi connectivity index (χ1v) is 14.3. The molecule has 0 unspecified atom stereocenters. The van der Waals surface area contributed by atoms with Crippen LogP contribution in [0.2, 0.25) is 5.02 Å². The number of aryl methyl sites for hydroxylation is 2. The third-order valence-corrected chi connectivity index (χ3v) is 7.63. The average molecular weight is 591 g/mol. The van der Waals surface area contributed by atoms with Crippen LogP contribution in [0.4, 0.5) is 0 Å². The molecule has 0 fully saturated rings. The predicted octanol–water partition coefficient (Wildman–Crippen LogP) is 4.51. The Kier molecular flexibility index (Phi) is 7.84. The summed E-state index contributed by atoms with van der Waals surface area (Å²) in [5, 5.41) is 1.23. The fraction of sp³-hybridized carbons (Fsp3) is 0.133. The maximum absolute atomic E-state index is 13.0. The molecule has 0 radical (unpaired) electrons. The second kappa shape index (κ2) is 11.2. The van der Waals surface area contributed by atoms with Crippen molar-refractivity contribution in [3.05, 3.63) is 123 Å². The lowest BCUT2D eigenvalue weighted by Gasteiger charge is -2.35. The van der Waals surface area contributed by atoms with E-state index in [9.17, 15) is 19.5 Å². The maximum Gasteiger partial charge on any atom is 0.569 e. The molecule has 5 aromatic rings. The second-order valence-corrected chi connectivity index (χ2v) is 11.1. The van der Waals surface area contributed by atoms with E-state index in [1.165, 1.54) is 0 Å². The Morgan fingerprint density at radius 1 is 1.02 bits per heavy atom. The zero-order chi connectivity index (χ0) is 29.4. The highest BCUT2D eigenvalue weighted by molar-refractivity contribution is 7.53. The molecule has 0 aliphatic carbocycles. The molecule has 0 aliphatic rings. The molecule has 1 atom stereocenters. The number of nitrogens with zero attached hydrogens (tertiary/aromatic N) is 3. The Morgan fingerprint density at radius 3 is 2.41 bits per heavy atom. The average Bonchev–Trinajstić information content (AvgIpc) is 3.39. The van der Waals surface area contributed by atoms with E-state index in [4.69, 9.17) is 27.3 Å². The van der Waals surface area contributed by atoms with Gasteiger partial charge in [0, 0.05) is 36.1 Å². The fourth-order valence-electron chi connectivity index (χ4n) is 4.96. The second-order valence-electron chi connectivity index (χ2n) is 9.39. The van der Waals surface area contributed by atoms with Crippen molar-refractivity contribution < 1.29 is 23.9 Å². The van der Waals surface area contributed by atoms with Crippen molar-refractivity contribution >= 4 is 30.7 Å². The van der Waals surface area contributed by atoms with Crippen molar-refractivity contribution in [3.63, 3.8) is 0 Å². The van der Waals surface area contributed by atoms with E-state index in [0.29, 0.717) is 38.5 Å². The first-order valence-electron chi connectivity index (χ1n) is 12.3. The highest BCUT2D eigenvalue weighted by Gasteiger charge is 2.43. The summed E-state index contributed by atoms with van der Waals surface area (Å²) in [5.41, 5.74) is 2.92. The van der Waals surface area contributed by atoms with Gasteiger partial charge in [-0.05, 0) is 58.7 Å². The van der Waals surface area contributed by atoms with Gasteiger partial charge in [0.25, 0.3) is 5.56 Å². The largest absolute Gasteiger partial charge is 0.569 e. The quantitative estimate of drug-likeness (QED) is 0.138. The van der Waals surface area contributed by atoms with Gasteiger partial charge in [-0.3, -0.25) is 4.79 Å². The summed E-state index contributed by atoms with van der Waals surface area (Å²) in [5.74, 6) is 2.64. The molecule has 0 saturated heterocycles. The number of aromatic nitrogens is 3. The topological polar surface area (TPSA) is 119 Å². The van der Waals surface area contributed by atoms with E-state index in [1.54, 1.807) is 66.1 Å². The zero-order valence-electron chi connectivity index (χ0n) is 22.1. The van der Waals surface area contributed by atoms with Crippen LogP contribution >= 0.6 is 19.8 Å². The van der Waals surface area contributed by atoms with Crippen molar-refractivity contribution in [1.82, 2.24) is 14.1 Å². The van der Waals surface area contributed by atoms with E-state index in [-0.39, 0.29) is 5.56 Å². The van der Waals surface area contributed by atoms with Crippen LogP contribution in [0.25, 0.3) is 22.0 Å². The molecule has 0 amide bonds. The van der Waals surface area contributed by atoms with Gasteiger partial charge in [-0.1, -0.05) is 47.9 Å². The lowest BCUT2D eigenvalue weighted by atomic mass is 9.82. The third-order valence-electron chi connectivity index (χ3n) is 6.92. The molecule has 5 rings (SSSR count). The number of hydrogen-bond acceptors (Lipinski definition) is 7. The van der Waals surface area contributed by atoms with E-state index < -0.39 is 20.6 Å². The molecule has 11 heteroatoms. The molecule has 0 bridgehead atoms. The number of imidazole rings is 1. The monoisotopic (exact) mass is 590 g/mol. The van der Waals surface area contributed by atoms with Gasteiger partial charge in [-0.15, -0.1) is 10.9 Å². The minimum Gasteiger partial charge on any atom is -0.335 e. The van der Waals surface area contributed by atoms with Crippen molar-refractivity contribution in [2.24, 2.45) is 14.1 Å². The Hall–Kier alpha value is -3.84. The van der Waals surface area contributed by atoms with Crippen LogP contribution in [0.1, 0.15) is 22.4 Å². The lowest BCUT2D eigenvalue weighted by molar-refractivity contribution is -0.0826. The van der Waals surface area contributed by atoms with E-state index in [1.807, 2.05) is 42.5 Å². The molecule has 0 aliphatic heterocycles. The number of benzene rings is 3. The van der Waals surface area contributed by atoms with Crippen molar-refractivity contribution in [2.75, 3.05) is 6.79 Å². The molecule has 41 heavy (non-hydrogen) atoms. The van der Waals surface area contributed by atoms with Crippen molar-refractivity contribution in [3.8, 4) is 23.5 Å². The van der Waals surface area contributed by atoms with Crippen LogP contribution in [0.5, 0.6) is 0 Å². The number of ether oxygens (including phenoxy) is 1. The molecular weight excluding hydrogens is 565 g/mol. The summed E-state index contributed by atoms with van der Waals surface area (Å²) in [6, 6.07) is 21.4. The molecule has 9 nitrogen and oxygen atoms in total. The lowest BCUT2D eigenvalue weighted by Crippen LogP contribution is -2.35. The number of hydrogen-bond donors (Lipinski definition) is 3. The molecule has 3 aromatic carbocycles. The molecule has 0 spiro atoms. The number of fused-ring (bicyclic) bond motifs is 1. The van der Waals surface area contributed by atoms with Crippen LogP contribution in [-0.4, -0.2) is 35.6 Å². The Labute approximate surface area is 241 Å². The van der Waals surface area contributed by atoms with Crippen LogP contribution < -0.4 is 5.56 Å².